The van der Waals surface area contributed by atoms with Gasteiger partial charge < -0.3 is 9.16 Å². The summed E-state index contributed by atoms with van der Waals surface area (Å²) in [5.74, 6) is 0. The van der Waals surface area contributed by atoms with Crippen molar-refractivity contribution in [3.8, 4) is 0 Å². The number of ether oxygens (including phenoxy) is 1. The van der Waals surface area contributed by atoms with E-state index in [2.05, 4.69) is 47.7 Å². The fraction of sp³-hybridized carbons (Fsp3) is 1.00. The summed E-state index contributed by atoms with van der Waals surface area (Å²) in [5.41, 5.74) is 0. The molecular weight excluding hydrogens is 204 g/mol. The summed E-state index contributed by atoms with van der Waals surface area (Å²) in [5, 5.41) is 0.295. The monoisotopic (exact) mass is 232 g/mol. The Bertz CT molecular complexity index is 173. The van der Waals surface area contributed by atoms with Crippen molar-refractivity contribution in [1.82, 2.24) is 0 Å². The van der Waals surface area contributed by atoms with E-state index in [4.69, 9.17) is 9.16 Å². The molecule has 1 atom stereocenters. The van der Waals surface area contributed by atoms with Crippen molar-refractivity contribution < 1.29 is 9.16 Å². The van der Waals surface area contributed by atoms with E-state index in [9.17, 15) is 0 Å². The summed E-state index contributed by atoms with van der Waals surface area (Å²) in [6, 6.07) is 0. The SMILES string of the molecule is CCC(C)OCCO[Si](C)(C)C(C)(C)C. The smallest absolute Gasteiger partial charge is 0.192 e. The molecule has 0 aliphatic rings. The van der Waals surface area contributed by atoms with Crippen LogP contribution in [0.1, 0.15) is 41.0 Å². The van der Waals surface area contributed by atoms with Crippen molar-refractivity contribution in [3.63, 3.8) is 0 Å². The molecule has 0 saturated carbocycles. The summed E-state index contributed by atoms with van der Waals surface area (Å²) < 4.78 is 11.6. The Morgan fingerprint density at radius 1 is 1.13 bits per heavy atom. The minimum absolute atomic E-state index is 0.295. The van der Waals surface area contributed by atoms with Crippen LogP contribution in [0.4, 0.5) is 0 Å². The van der Waals surface area contributed by atoms with Crippen LogP contribution < -0.4 is 0 Å². The lowest BCUT2D eigenvalue weighted by atomic mass is 10.2. The van der Waals surface area contributed by atoms with Crippen LogP contribution in [0.5, 0.6) is 0 Å². The van der Waals surface area contributed by atoms with Gasteiger partial charge >= 0.3 is 0 Å². The zero-order chi connectivity index (χ0) is 12.1. The van der Waals surface area contributed by atoms with Gasteiger partial charge in [0.1, 0.15) is 0 Å². The topological polar surface area (TPSA) is 18.5 Å². The molecule has 0 heterocycles. The maximum atomic E-state index is 6.00. The third kappa shape index (κ3) is 5.69. The van der Waals surface area contributed by atoms with E-state index in [0.29, 0.717) is 11.1 Å². The van der Waals surface area contributed by atoms with Crippen LogP contribution in [0.3, 0.4) is 0 Å². The first-order valence-corrected chi connectivity index (χ1v) is 8.87. The molecule has 0 saturated heterocycles. The lowest BCUT2D eigenvalue weighted by molar-refractivity contribution is 0.0398. The molecular formula is C12H28O2Si. The second kappa shape index (κ2) is 6.02. The zero-order valence-electron chi connectivity index (χ0n) is 11.5. The van der Waals surface area contributed by atoms with E-state index >= 15 is 0 Å². The molecule has 92 valence electrons. The highest BCUT2D eigenvalue weighted by atomic mass is 28.4. The first-order chi connectivity index (χ1) is 6.70. The quantitative estimate of drug-likeness (QED) is 0.512. The molecule has 0 aromatic rings. The molecule has 0 bridgehead atoms. The van der Waals surface area contributed by atoms with Gasteiger partial charge in [-0.15, -0.1) is 0 Å². The fourth-order valence-electron chi connectivity index (χ4n) is 0.880. The van der Waals surface area contributed by atoms with Gasteiger partial charge in [-0.05, 0) is 31.5 Å². The average molecular weight is 232 g/mol. The summed E-state index contributed by atoms with van der Waals surface area (Å²) >= 11 is 0. The molecule has 0 N–H and O–H groups in total. The first kappa shape index (κ1) is 15.1. The molecule has 3 heteroatoms. The molecule has 0 fully saturated rings. The molecule has 0 amide bonds. The zero-order valence-corrected chi connectivity index (χ0v) is 12.5. The van der Waals surface area contributed by atoms with Gasteiger partial charge in [-0.3, -0.25) is 0 Å². The highest BCUT2D eigenvalue weighted by Gasteiger charge is 2.36. The summed E-state index contributed by atoms with van der Waals surface area (Å²) in [4.78, 5) is 0. The van der Waals surface area contributed by atoms with Gasteiger partial charge in [0.15, 0.2) is 8.32 Å². The Morgan fingerprint density at radius 3 is 2.07 bits per heavy atom. The average Bonchev–Trinajstić information content (AvgIpc) is 2.10. The van der Waals surface area contributed by atoms with Gasteiger partial charge in [0.2, 0.25) is 0 Å². The van der Waals surface area contributed by atoms with Gasteiger partial charge in [-0.2, -0.15) is 0 Å². The maximum absolute atomic E-state index is 6.00. The van der Waals surface area contributed by atoms with E-state index in [1.54, 1.807) is 0 Å². The van der Waals surface area contributed by atoms with Gasteiger partial charge in [-0.1, -0.05) is 27.7 Å². The van der Waals surface area contributed by atoms with E-state index in [1.165, 1.54) is 0 Å². The summed E-state index contributed by atoms with van der Waals surface area (Å²) in [7, 11) is -1.57. The van der Waals surface area contributed by atoms with Crippen LogP contribution >= 0.6 is 0 Å². The van der Waals surface area contributed by atoms with Gasteiger partial charge in [-0.25, -0.2) is 0 Å². The second-order valence-corrected chi connectivity index (χ2v) is 10.5. The van der Waals surface area contributed by atoms with Crippen molar-refractivity contribution in [2.24, 2.45) is 0 Å². The van der Waals surface area contributed by atoms with Gasteiger partial charge in [0.25, 0.3) is 0 Å². The molecule has 0 rings (SSSR count). The predicted molar refractivity (Wildman–Crippen MR) is 68.9 cm³/mol. The lowest BCUT2D eigenvalue weighted by Crippen LogP contribution is -2.41. The first-order valence-electron chi connectivity index (χ1n) is 5.96. The van der Waals surface area contributed by atoms with Crippen molar-refractivity contribution in [1.29, 1.82) is 0 Å². The molecule has 15 heavy (non-hydrogen) atoms. The van der Waals surface area contributed by atoms with Crippen LogP contribution in [0, 0.1) is 0 Å². The third-order valence-corrected chi connectivity index (χ3v) is 7.87. The van der Waals surface area contributed by atoms with Gasteiger partial charge in [0.05, 0.1) is 19.3 Å². The molecule has 2 nitrogen and oxygen atoms in total. The number of rotatable bonds is 6. The van der Waals surface area contributed by atoms with Crippen LogP contribution in [0.2, 0.25) is 18.1 Å². The van der Waals surface area contributed by atoms with Crippen LogP contribution in [-0.2, 0) is 9.16 Å². The van der Waals surface area contributed by atoms with Crippen LogP contribution in [0.15, 0.2) is 0 Å². The van der Waals surface area contributed by atoms with E-state index in [0.717, 1.165) is 19.6 Å². The van der Waals surface area contributed by atoms with Crippen LogP contribution in [0.25, 0.3) is 0 Å². The van der Waals surface area contributed by atoms with E-state index < -0.39 is 8.32 Å². The molecule has 0 aliphatic heterocycles. The minimum Gasteiger partial charge on any atom is -0.414 e. The summed E-state index contributed by atoms with van der Waals surface area (Å²) in [6.45, 7) is 17.0. The Balaban J connectivity index is 3.77. The Labute approximate surface area is 96.5 Å². The maximum Gasteiger partial charge on any atom is 0.192 e. The molecule has 0 spiro atoms. The van der Waals surface area contributed by atoms with Crippen LogP contribution in [-0.4, -0.2) is 27.6 Å². The normalized spacial score (nSPS) is 15.4. The largest absolute Gasteiger partial charge is 0.414 e. The predicted octanol–water partition coefficient (Wildman–Crippen LogP) is 3.82. The molecule has 0 radical (unpaired) electrons. The lowest BCUT2D eigenvalue weighted by Gasteiger charge is -2.36. The van der Waals surface area contributed by atoms with Gasteiger partial charge in [0, 0.05) is 0 Å². The van der Waals surface area contributed by atoms with E-state index in [-0.39, 0.29) is 0 Å². The Kier molecular flexibility index (Phi) is 6.07. The molecule has 0 aromatic heterocycles. The standard InChI is InChI=1S/C12H28O2Si/c1-8-11(2)13-9-10-14-15(6,7)12(3,4)5/h11H,8-10H2,1-7H3. The molecule has 0 aliphatic carbocycles. The summed E-state index contributed by atoms with van der Waals surface area (Å²) in [6.07, 6.45) is 1.42. The van der Waals surface area contributed by atoms with Crippen molar-refractivity contribution in [2.45, 2.75) is 65.3 Å². The van der Waals surface area contributed by atoms with Crippen molar-refractivity contribution in [2.75, 3.05) is 13.2 Å². The third-order valence-electron chi connectivity index (χ3n) is 3.33. The highest BCUT2D eigenvalue weighted by Crippen LogP contribution is 2.36. The fourth-order valence-corrected chi connectivity index (χ4v) is 1.91. The number of hydrogen-bond acceptors (Lipinski definition) is 2. The molecule has 1 unspecified atom stereocenters. The second-order valence-electron chi connectivity index (χ2n) is 5.70. The van der Waals surface area contributed by atoms with Crippen molar-refractivity contribution >= 4 is 8.32 Å². The van der Waals surface area contributed by atoms with E-state index in [1.807, 2.05) is 0 Å². The van der Waals surface area contributed by atoms with Crippen molar-refractivity contribution in [3.05, 3.63) is 0 Å². The molecule has 0 aromatic carbocycles. The highest BCUT2D eigenvalue weighted by molar-refractivity contribution is 6.74. The Morgan fingerprint density at radius 2 is 1.67 bits per heavy atom. The minimum atomic E-state index is -1.57. The Hall–Kier alpha value is 0.137. The number of hydrogen-bond donors (Lipinski definition) is 0.